The summed E-state index contributed by atoms with van der Waals surface area (Å²) in [4.78, 5) is 12.2. The van der Waals surface area contributed by atoms with Crippen LogP contribution >= 0.6 is 35.0 Å². The maximum Gasteiger partial charge on any atom is 0.234 e. The van der Waals surface area contributed by atoms with Crippen molar-refractivity contribution in [3.8, 4) is 22.8 Å². The molecule has 0 aliphatic heterocycles. The Labute approximate surface area is 182 Å². The van der Waals surface area contributed by atoms with Gasteiger partial charge in [0.05, 0.1) is 36.4 Å². The van der Waals surface area contributed by atoms with Crippen LogP contribution in [0.15, 0.2) is 53.6 Å². The Morgan fingerprint density at radius 2 is 1.86 bits per heavy atom. The van der Waals surface area contributed by atoms with E-state index in [-0.39, 0.29) is 11.7 Å². The molecule has 3 aromatic rings. The van der Waals surface area contributed by atoms with Crippen molar-refractivity contribution in [1.29, 1.82) is 0 Å². The van der Waals surface area contributed by atoms with Gasteiger partial charge in [0.25, 0.3) is 0 Å². The average Bonchev–Trinajstić information content (AvgIpc) is 2.74. The molecule has 0 atom stereocenters. The molecular weight excluding hydrogens is 433 g/mol. The summed E-state index contributed by atoms with van der Waals surface area (Å²) >= 11 is 13.2. The molecule has 150 valence electrons. The number of ether oxygens (including phenoxy) is 2. The van der Waals surface area contributed by atoms with Gasteiger partial charge in [-0.1, -0.05) is 35.0 Å². The molecule has 6 nitrogen and oxygen atoms in total. The Morgan fingerprint density at radius 1 is 1.03 bits per heavy atom. The van der Waals surface area contributed by atoms with Crippen molar-refractivity contribution in [3.63, 3.8) is 0 Å². The van der Waals surface area contributed by atoms with E-state index in [4.69, 9.17) is 32.7 Å². The van der Waals surface area contributed by atoms with Gasteiger partial charge in [-0.05, 0) is 42.5 Å². The van der Waals surface area contributed by atoms with E-state index >= 15 is 0 Å². The molecule has 0 spiro atoms. The number of halogens is 2. The summed E-state index contributed by atoms with van der Waals surface area (Å²) in [5.41, 5.74) is 1.92. The minimum absolute atomic E-state index is 0.155. The van der Waals surface area contributed by atoms with Crippen LogP contribution in [-0.2, 0) is 4.79 Å². The van der Waals surface area contributed by atoms with Crippen LogP contribution in [0.2, 0.25) is 10.0 Å². The molecule has 1 N–H and O–H groups in total. The van der Waals surface area contributed by atoms with E-state index in [1.807, 2.05) is 18.2 Å². The number of nitrogens with one attached hydrogen (secondary N) is 1. The number of nitrogens with zero attached hydrogens (tertiary/aromatic N) is 2. The lowest BCUT2D eigenvalue weighted by Gasteiger charge is -2.10. The molecule has 0 bridgehead atoms. The first kappa shape index (κ1) is 21.2. The molecule has 0 aliphatic rings. The standard InChI is InChI=1S/C20H17Cl2N3O3S/c1-27-13-4-5-14(18(10-13)28-2)16-7-8-20(25-24-16)29-11-19(26)23-17-9-12(21)3-6-15(17)22/h3-10H,11H2,1-2H3,(H,23,26). The molecular formula is C20H17Cl2N3O3S. The van der Waals surface area contributed by atoms with Crippen molar-refractivity contribution in [2.45, 2.75) is 5.03 Å². The van der Waals surface area contributed by atoms with Gasteiger partial charge in [0.15, 0.2) is 0 Å². The third-order valence-electron chi connectivity index (χ3n) is 3.88. The summed E-state index contributed by atoms with van der Waals surface area (Å²) in [6.07, 6.45) is 0. The van der Waals surface area contributed by atoms with Gasteiger partial charge < -0.3 is 14.8 Å². The quantitative estimate of drug-likeness (QED) is 0.499. The van der Waals surface area contributed by atoms with Gasteiger partial charge in [-0.3, -0.25) is 4.79 Å². The minimum Gasteiger partial charge on any atom is -0.497 e. The van der Waals surface area contributed by atoms with Crippen LogP contribution in [0.5, 0.6) is 11.5 Å². The average molecular weight is 450 g/mol. The third-order valence-corrected chi connectivity index (χ3v) is 5.36. The molecule has 0 saturated carbocycles. The van der Waals surface area contributed by atoms with Gasteiger partial charge >= 0.3 is 0 Å². The molecule has 0 aliphatic carbocycles. The number of thioether (sulfide) groups is 1. The van der Waals surface area contributed by atoms with Crippen LogP contribution in [0.3, 0.4) is 0 Å². The Hall–Kier alpha value is -2.48. The van der Waals surface area contributed by atoms with Crippen LogP contribution in [0.4, 0.5) is 5.69 Å². The van der Waals surface area contributed by atoms with E-state index in [0.29, 0.717) is 38.0 Å². The molecule has 1 aromatic heterocycles. The first-order valence-electron chi connectivity index (χ1n) is 8.44. The van der Waals surface area contributed by atoms with Crippen LogP contribution in [0.25, 0.3) is 11.3 Å². The van der Waals surface area contributed by atoms with E-state index in [1.165, 1.54) is 11.8 Å². The molecule has 0 unspecified atom stereocenters. The Morgan fingerprint density at radius 3 is 2.55 bits per heavy atom. The van der Waals surface area contributed by atoms with Gasteiger partial charge in [0.2, 0.25) is 5.91 Å². The summed E-state index contributed by atoms with van der Waals surface area (Å²) in [5.74, 6) is 1.26. The number of carbonyl (C=O) groups is 1. The normalized spacial score (nSPS) is 10.5. The molecule has 3 rings (SSSR count). The van der Waals surface area contributed by atoms with Crippen molar-refractivity contribution in [1.82, 2.24) is 10.2 Å². The smallest absolute Gasteiger partial charge is 0.234 e. The Kier molecular flexibility index (Phi) is 7.19. The second kappa shape index (κ2) is 9.82. The molecule has 1 amide bonds. The van der Waals surface area contributed by atoms with Crippen LogP contribution < -0.4 is 14.8 Å². The highest BCUT2D eigenvalue weighted by molar-refractivity contribution is 7.99. The summed E-state index contributed by atoms with van der Waals surface area (Å²) < 4.78 is 10.6. The van der Waals surface area contributed by atoms with Crippen molar-refractivity contribution in [3.05, 3.63) is 58.6 Å². The second-order valence-electron chi connectivity index (χ2n) is 5.78. The van der Waals surface area contributed by atoms with E-state index in [0.717, 1.165) is 5.56 Å². The summed E-state index contributed by atoms with van der Waals surface area (Å²) in [5, 5.41) is 12.7. The highest BCUT2D eigenvalue weighted by atomic mass is 35.5. The lowest BCUT2D eigenvalue weighted by molar-refractivity contribution is -0.113. The number of hydrogen-bond donors (Lipinski definition) is 1. The minimum atomic E-state index is -0.220. The largest absolute Gasteiger partial charge is 0.497 e. The molecule has 0 saturated heterocycles. The third kappa shape index (κ3) is 5.53. The molecule has 1 heterocycles. The monoisotopic (exact) mass is 449 g/mol. The topological polar surface area (TPSA) is 73.3 Å². The maximum absolute atomic E-state index is 12.2. The number of carbonyl (C=O) groups excluding carboxylic acids is 1. The zero-order valence-electron chi connectivity index (χ0n) is 15.6. The summed E-state index contributed by atoms with van der Waals surface area (Å²) in [6, 6.07) is 14.0. The number of hydrogen-bond acceptors (Lipinski definition) is 6. The maximum atomic E-state index is 12.2. The first-order valence-corrected chi connectivity index (χ1v) is 10.2. The van der Waals surface area contributed by atoms with E-state index < -0.39 is 0 Å². The van der Waals surface area contributed by atoms with Gasteiger partial charge in [0.1, 0.15) is 16.5 Å². The lowest BCUT2D eigenvalue weighted by Crippen LogP contribution is -2.14. The zero-order chi connectivity index (χ0) is 20.8. The fourth-order valence-corrected chi connectivity index (χ4v) is 3.42. The molecule has 2 aromatic carbocycles. The van der Waals surface area contributed by atoms with Crippen LogP contribution in [-0.4, -0.2) is 36.1 Å². The van der Waals surface area contributed by atoms with Crippen molar-refractivity contribution >= 4 is 46.6 Å². The first-order chi connectivity index (χ1) is 14.0. The van der Waals surface area contributed by atoms with Gasteiger partial charge in [-0.15, -0.1) is 10.2 Å². The van der Waals surface area contributed by atoms with Gasteiger partial charge in [-0.2, -0.15) is 0 Å². The predicted molar refractivity (Wildman–Crippen MR) is 116 cm³/mol. The van der Waals surface area contributed by atoms with Crippen molar-refractivity contribution < 1.29 is 14.3 Å². The van der Waals surface area contributed by atoms with Crippen LogP contribution in [0.1, 0.15) is 0 Å². The summed E-state index contributed by atoms with van der Waals surface area (Å²) in [6.45, 7) is 0. The lowest BCUT2D eigenvalue weighted by atomic mass is 10.1. The van der Waals surface area contributed by atoms with Crippen molar-refractivity contribution in [2.75, 3.05) is 25.3 Å². The summed E-state index contributed by atoms with van der Waals surface area (Å²) in [7, 11) is 3.18. The highest BCUT2D eigenvalue weighted by Gasteiger charge is 2.11. The molecule has 0 radical (unpaired) electrons. The van der Waals surface area contributed by atoms with E-state index in [9.17, 15) is 4.79 Å². The van der Waals surface area contributed by atoms with E-state index in [2.05, 4.69) is 15.5 Å². The number of benzene rings is 2. The number of aromatic nitrogens is 2. The van der Waals surface area contributed by atoms with Gasteiger partial charge in [-0.25, -0.2) is 0 Å². The van der Waals surface area contributed by atoms with Gasteiger partial charge in [0, 0.05) is 16.7 Å². The number of amides is 1. The number of methoxy groups -OCH3 is 2. The Balaban J connectivity index is 1.64. The SMILES string of the molecule is COc1ccc(-c2ccc(SCC(=O)Nc3cc(Cl)ccc3Cl)nn2)c(OC)c1. The molecule has 29 heavy (non-hydrogen) atoms. The molecule has 0 fully saturated rings. The highest BCUT2D eigenvalue weighted by Crippen LogP contribution is 2.32. The zero-order valence-corrected chi connectivity index (χ0v) is 17.9. The fraction of sp³-hybridized carbons (Fsp3) is 0.150. The Bertz CT molecular complexity index is 1020. The number of rotatable bonds is 7. The van der Waals surface area contributed by atoms with E-state index in [1.54, 1.807) is 44.6 Å². The van der Waals surface area contributed by atoms with Crippen molar-refractivity contribution in [2.24, 2.45) is 0 Å². The second-order valence-corrected chi connectivity index (χ2v) is 7.62. The fourth-order valence-electron chi connectivity index (χ4n) is 2.47. The molecule has 9 heteroatoms. The van der Waals surface area contributed by atoms with Crippen LogP contribution in [0, 0.1) is 0 Å². The number of anilines is 1. The predicted octanol–water partition coefficient (Wildman–Crippen LogP) is 5.20.